The highest BCUT2D eigenvalue weighted by molar-refractivity contribution is 9.10. The second kappa shape index (κ2) is 5.64. The van der Waals surface area contributed by atoms with Crippen LogP contribution in [0, 0.1) is 13.8 Å². The monoisotopic (exact) mass is 343 g/mol. The molecule has 0 unspecified atom stereocenters. The van der Waals surface area contributed by atoms with Gasteiger partial charge in [0, 0.05) is 22.3 Å². The minimum Gasteiger partial charge on any atom is -0.308 e. The lowest BCUT2D eigenvalue weighted by Crippen LogP contribution is -2.35. The van der Waals surface area contributed by atoms with Crippen molar-refractivity contribution < 1.29 is 4.79 Å². The van der Waals surface area contributed by atoms with Crippen molar-refractivity contribution in [2.75, 3.05) is 11.4 Å². The van der Waals surface area contributed by atoms with E-state index in [-0.39, 0.29) is 5.91 Å². The summed E-state index contributed by atoms with van der Waals surface area (Å²) in [5.41, 5.74) is 5.37. The molecule has 3 rings (SSSR count). The van der Waals surface area contributed by atoms with Crippen molar-refractivity contribution in [2.24, 2.45) is 0 Å². The van der Waals surface area contributed by atoms with E-state index in [4.69, 9.17) is 0 Å². The van der Waals surface area contributed by atoms with Gasteiger partial charge < -0.3 is 4.90 Å². The van der Waals surface area contributed by atoms with Crippen LogP contribution in [0.3, 0.4) is 0 Å². The summed E-state index contributed by atoms with van der Waals surface area (Å²) in [6, 6.07) is 12.2. The van der Waals surface area contributed by atoms with Crippen LogP contribution in [-0.4, -0.2) is 12.5 Å². The highest BCUT2D eigenvalue weighted by Crippen LogP contribution is 2.30. The third kappa shape index (κ3) is 2.62. The molecule has 1 heterocycles. The van der Waals surface area contributed by atoms with Gasteiger partial charge in [0.05, 0.1) is 0 Å². The Morgan fingerprint density at radius 3 is 2.81 bits per heavy atom. The molecule has 0 fully saturated rings. The van der Waals surface area contributed by atoms with Crippen LogP contribution in [0.15, 0.2) is 40.9 Å². The Morgan fingerprint density at radius 1 is 1.19 bits per heavy atom. The molecule has 2 aromatic rings. The third-order valence-electron chi connectivity index (χ3n) is 4.10. The number of carbonyl (C=O) groups is 1. The number of amides is 1. The van der Waals surface area contributed by atoms with Gasteiger partial charge in [-0.2, -0.15) is 0 Å². The zero-order valence-corrected chi connectivity index (χ0v) is 13.9. The van der Waals surface area contributed by atoms with E-state index in [1.807, 2.05) is 30.0 Å². The predicted octanol–water partition coefficient (Wildman–Crippen LogP) is 4.66. The number of nitrogens with zero attached hydrogens (tertiary/aromatic N) is 1. The van der Waals surface area contributed by atoms with Gasteiger partial charge in [0.25, 0.3) is 5.91 Å². The molecule has 108 valence electrons. The average molecular weight is 344 g/mol. The highest BCUT2D eigenvalue weighted by atomic mass is 79.9. The summed E-state index contributed by atoms with van der Waals surface area (Å²) in [5, 5.41) is 0. The second-order valence-electron chi connectivity index (χ2n) is 5.60. The van der Waals surface area contributed by atoms with Gasteiger partial charge in [-0.25, -0.2) is 0 Å². The van der Waals surface area contributed by atoms with E-state index in [0.717, 1.165) is 40.7 Å². The maximum atomic E-state index is 12.9. The van der Waals surface area contributed by atoms with Gasteiger partial charge in [-0.3, -0.25) is 4.79 Å². The molecule has 0 saturated carbocycles. The van der Waals surface area contributed by atoms with Crippen LogP contribution in [0.5, 0.6) is 0 Å². The molecule has 0 atom stereocenters. The molecule has 1 aliphatic rings. The first-order chi connectivity index (χ1) is 10.1. The molecule has 21 heavy (non-hydrogen) atoms. The first-order valence-corrected chi connectivity index (χ1v) is 8.04. The van der Waals surface area contributed by atoms with Crippen LogP contribution >= 0.6 is 15.9 Å². The van der Waals surface area contributed by atoms with Crippen molar-refractivity contribution in [3.05, 3.63) is 63.1 Å². The van der Waals surface area contributed by atoms with Gasteiger partial charge >= 0.3 is 0 Å². The highest BCUT2D eigenvalue weighted by Gasteiger charge is 2.24. The van der Waals surface area contributed by atoms with E-state index in [1.54, 1.807) is 0 Å². The van der Waals surface area contributed by atoms with E-state index < -0.39 is 0 Å². The molecule has 0 N–H and O–H groups in total. The summed E-state index contributed by atoms with van der Waals surface area (Å²) in [6.07, 6.45) is 2.08. The quantitative estimate of drug-likeness (QED) is 0.737. The molecule has 1 amide bonds. The number of carbonyl (C=O) groups excluding carboxylic acids is 1. The summed E-state index contributed by atoms with van der Waals surface area (Å²) in [6.45, 7) is 4.87. The smallest absolute Gasteiger partial charge is 0.258 e. The van der Waals surface area contributed by atoms with E-state index in [0.29, 0.717) is 0 Å². The fourth-order valence-corrected chi connectivity index (χ4v) is 3.29. The van der Waals surface area contributed by atoms with Gasteiger partial charge in [-0.05, 0) is 56.0 Å². The number of halogens is 1. The molecular formula is C18H18BrNO. The fourth-order valence-electron chi connectivity index (χ4n) is 2.92. The van der Waals surface area contributed by atoms with E-state index in [2.05, 4.69) is 41.1 Å². The van der Waals surface area contributed by atoms with Crippen molar-refractivity contribution >= 4 is 27.5 Å². The SMILES string of the molecule is Cc1ccc2c(c1)CCCN2C(=O)c1cccc(Br)c1C. The molecule has 0 saturated heterocycles. The molecular weight excluding hydrogens is 326 g/mol. The van der Waals surface area contributed by atoms with Crippen LogP contribution in [0.25, 0.3) is 0 Å². The number of hydrogen-bond acceptors (Lipinski definition) is 1. The zero-order valence-electron chi connectivity index (χ0n) is 12.3. The Hall–Kier alpha value is -1.61. The number of fused-ring (bicyclic) bond motifs is 1. The molecule has 0 aliphatic carbocycles. The molecule has 0 radical (unpaired) electrons. The predicted molar refractivity (Wildman–Crippen MR) is 90.1 cm³/mol. The molecule has 2 aromatic carbocycles. The number of anilines is 1. The molecule has 0 bridgehead atoms. The number of benzene rings is 2. The van der Waals surface area contributed by atoms with Gasteiger partial charge in [-0.15, -0.1) is 0 Å². The normalized spacial score (nSPS) is 14.0. The van der Waals surface area contributed by atoms with Crippen molar-refractivity contribution in [1.82, 2.24) is 0 Å². The first kappa shape index (κ1) is 14.3. The van der Waals surface area contributed by atoms with Crippen molar-refractivity contribution in [3.8, 4) is 0 Å². The minimum atomic E-state index is 0.0959. The Balaban J connectivity index is 2.02. The standard InChI is InChI=1S/C18H18BrNO/c1-12-8-9-17-14(11-12)5-4-10-20(17)18(21)15-6-3-7-16(19)13(15)2/h3,6-9,11H,4-5,10H2,1-2H3. The molecule has 2 nitrogen and oxygen atoms in total. The summed E-state index contributed by atoms with van der Waals surface area (Å²) in [5.74, 6) is 0.0959. The van der Waals surface area contributed by atoms with Gasteiger partial charge in [0.15, 0.2) is 0 Å². The summed E-state index contributed by atoms with van der Waals surface area (Å²) >= 11 is 3.51. The first-order valence-electron chi connectivity index (χ1n) is 7.24. The minimum absolute atomic E-state index is 0.0959. The van der Waals surface area contributed by atoms with Gasteiger partial charge in [0.2, 0.25) is 0 Å². The van der Waals surface area contributed by atoms with Crippen LogP contribution in [-0.2, 0) is 6.42 Å². The summed E-state index contributed by atoms with van der Waals surface area (Å²) < 4.78 is 0.981. The Kier molecular flexibility index (Phi) is 3.85. The molecule has 3 heteroatoms. The van der Waals surface area contributed by atoms with Crippen molar-refractivity contribution in [3.63, 3.8) is 0 Å². The largest absolute Gasteiger partial charge is 0.308 e. The van der Waals surface area contributed by atoms with E-state index in [9.17, 15) is 4.79 Å². The lowest BCUT2D eigenvalue weighted by Gasteiger charge is -2.30. The Bertz CT molecular complexity index is 708. The summed E-state index contributed by atoms with van der Waals surface area (Å²) in [7, 11) is 0. The van der Waals surface area contributed by atoms with Crippen LogP contribution in [0.1, 0.15) is 33.5 Å². The second-order valence-corrected chi connectivity index (χ2v) is 6.46. The maximum Gasteiger partial charge on any atom is 0.258 e. The Labute approximate surface area is 133 Å². The molecule has 0 aromatic heterocycles. The number of rotatable bonds is 1. The molecule has 1 aliphatic heterocycles. The van der Waals surface area contributed by atoms with Gasteiger partial charge in [-0.1, -0.05) is 39.7 Å². The lowest BCUT2D eigenvalue weighted by atomic mass is 9.98. The lowest BCUT2D eigenvalue weighted by molar-refractivity contribution is 0.0984. The number of aryl methyl sites for hydroxylation is 2. The summed E-state index contributed by atoms with van der Waals surface area (Å²) in [4.78, 5) is 14.8. The van der Waals surface area contributed by atoms with E-state index in [1.165, 1.54) is 11.1 Å². The van der Waals surface area contributed by atoms with Crippen LogP contribution < -0.4 is 4.90 Å². The third-order valence-corrected chi connectivity index (χ3v) is 4.96. The number of hydrogen-bond donors (Lipinski definition) is 0. The van der Waals surface area contributed by atoms with Crippen LogP contribution in [0.2, 0.25) is 0 Å². The maximum absolute atomic E-state index is 12.9. The topological polar surface area (TPSA) is 20.3 Å². The fraction of sp³-hybridized carbons (Fsp3) is 0.278. The average Bonchev–Trinajstić information content (AvgIpc) is 2.48. The van der Waals surface area contributed by atoms with Crippen molar-refractivity contribution in [1.29, 1.82) is 0 Å². The van der Waals surface area contributed by atoms with Crippen molar-refractivity contribution in [2.45, 2.75) is 26.7 Å². The van der Waals surface area contributed by atoms with Crippen LogP contribution in [0.4, 0.5) is 5.69 Å². The van der Waals surface area contributed by atoms with Gasteiger partial charge in [0.1, 0.15) is 0 Å². The molecule has 0 spiro atoms. The Morgan fingerprint density at radius 2 is 2.00 bits per heavy atom. The zero-order chi connectivity index (χ0) is 15.0. The van der Waals surface area contributed by atoms with E-state index >= 15 is 0 Å².